The van der Waals surface area contributed by atoms with Crippen LogP contribution in [0.25, 0.3) is 10.9 Å². The minimum Gasteiger partial charge on any atom is -0.477 e. The largest absolute Gasteiger partial charge is 0.477 e. The molecule has 1 aliphatic carbocycles. The summed E-state index contributed by atoms with van der Waals surface area (Å²) in [5.41, 5.74) is 4.66. The molecule has 2 bridgehead atoms. The Morgan fingerprint density at radius 1 is 1.11 bits per heavy atom. The quantitative estimate of drug-likeness (QED) is 0.843. The van der Waals surface area contributed by atoms with E-state index in [4.69, 9.17) is 5.73 Å². The zero-order valence-corrected chi connectivity index (χ0v) is 15.2. The van der Waals surface area contributed by atoms with Gasteiger partial charge in [0.2, 0.25) is 5.43 Å². The van der Waals surface area contributed by atoms with Crippen molar-refractivity contribution in [2.45, 2.75) is 62.7 Å². The van der Waals surface area contributed by atoms with Gasteiger partial charge in [0.15, 0.2) is 5.82 Å². The van der Waals surface area contributed by atoms with Crippen LogP contribution >= 0.6 is 0 Å². The van der Waals surface area contributed by atoms with E-state index in [2.05, 4.69) is 0 Å². The number of pyridine rings is 1. The zero-order chi connectivity index (χ0) is 19.7. The number of aromatic carboxylic acids is 1. The van der Waals surface area contributed by atoms with Crippen molar-refractivity contribution >= 4 is 22.6 Å². The lowest BCUT2D eigenvalue weighted by Gasteiger charge is -2.39. The summed E-state index contributed by atoms with van der Waals surface area (Å²) < 4.78 is 32.3. The van der Waals surface area contributed by atoms with E-state index in [0.717, 1.165) is 31.7 Å². The number of nitrogens with zero attached hydrogens (tertiary/aromatic N) is 2. The predicted molar refractivity (Wildman–Crippen MR) is 99.9 cm³/mol. The number of anilines is 1. The van der Waals surface area contributed by atoms with E-state index in [1.54, 1.807) is 4.90 Å². The number of hydrogen-bond acceptors (Lipinski definition) is 4. The first-order valence-electron chi connectivity index (χ1n) is 9.71. The molecule has 3 N–H and O–H groups in total. The maximum Gasteiger partial charge on any atom is 0.341 e. The molecule has 1 aromatic heterocycles. The van der Waals surface area contributed by atoms with Gasteiger partial charge in [-0.1, -0.05) is 0 Å². The van der Waals surface area contributed by atoms with Crippen LogP contribution in [0.5, 0.6) is 0 Å². The van der Waals surface area contributed by atoms with Gasteiger partial charge in [-0.25, -0.2) is 13.6 Å². The third-order valence-electron chi connectivity index (χ3n) is 6.38. The Morgan fingerprint density at radius 2 is 1.71 bits per heavy atom. The van der Waals surface area contributed by atoms with Gasteiger partial charge in [-0.15, -0.1) is 0 Å². The highest BCUT2D eigenvalue weighted by Gasteiger charge is 2.42. The zero-order valence-electron chi connectivity index (χ0n) is 15.2. The summed E-state index contributed by atoms with van der Waals surface area (Å²) in [7, 11) is 0. The molecule has 0 radical (unpaired) electrons. The van der Waals surface area contributed by atoms with Crippen molar-refractivity contribution in [3.8, 4) is 0 Å². The second-order valence-electron chi connectivity index (χ2n) is 8.26. The maximum absolute atomic E-state index is 15.7. The predicted octanol–water partition coefficient (Wildman–Crippen LogP) is 2.77. The van der Waals surface area contributed by atoms with Crippen LogP contribution in [0.2, 0.25) is 0 Å². The van der Waals surface area contributed by atoms with Crippen LogP contribution in [0, 0.1) is 11.6 Å². The van der Waals surface area contributed by atoms with Crippen molar-refractivity contribution in [3.05, 3.63) is 39.7 Å². The monoisotopic (exact) mass is 389 g/mol. The Balaban J connectivity index is 1.77. The fourth-order valence-electron chi connectivity index (χ4n) is 5.05. The van der Waals surface area contributed by atoms with Crippen molar-refractivity contribution in [1.82, 2.24) is 4.57 Å². The summed E-state index contributed by atoms with van der Waals surface area (Å²) in [5, 5.41) is 9.11. The molecule has 1 aromatic carbocycles. The van der Waals surface area contributed by atoms with Crippen LogP contribution in [0.3, 0.4) is 0 Å². The SMILES string of the molecule is NC1CC2CCC(C1)N2c1c(F)cc2c(=O)c(C(=O)O)cn(C3CC3)c2c1F. The average molecular weight is 389 g/mol. The molecule has 3 heterocycles. The Labute approximate surface area is 159 Å². The van der Waals surface area contributed by atoms with E-state index in [-0.39, 0.29) is 40.8 Å². The molecule has 2 aromatic rings. The lowest BCUT2D eigenvalue weighted by Crippen LogP contribution is -2.48. The van der Waals surface area contributed by atoms with Crippen LogP contribution in [0.1, 0.15) is 54.9 Å². The fraction of sp³-hybridized carbons (Fsp3) is 0.500. The highest BCUT2D eigenvalue weighted by molar-refractivity contribution is 5.94. The first kappa shape index (κ1) is 17.6. The van der Waals surface area contributed by atoms with E-state index in [0.29, 0.717) is 12.8 Å². The molecule has 28 heavy (non-hydrogen) atoms. The van der Waals surface area contributed by atoms with Gasteiger partial charge in [-0.05, 0) is 44.6 Å². The third kappa shape index (κ3) is 2.47. The van der Waals surface area contributed by atoms with Gasteiger partial charge < -0.3 is 20.3 Å². The minimum absolute atomic E-state index is 0.00294. The van der Waals surface area contributed by atoms with E-state index < -0.39 is 28.6 Å². The molecule has 5 rings (SSSR count). The van der Waals surface area contributed by atoms with Crippen molar-refractivity contribution < 1.29 is 18.7 Å². The van der Waals surface area contributed by atoms with Gasteiger partial charge in [0.1, 0.15) is 17.1 Å². The van der Waals surface area contributed by atoms with E-state index in [9.17, 15) is 14.7 Å². The summed E-state index contributed by atoms with van der Waals surface area (Å²) in [6.45, 7) is 0. The molecular formula is C20H21F2N3O3. The van der Waals surface area contributed by atoms with Gasteiger partial charge >= 0.3 is 5.97 Å². The number of benzene rings is 1. The molecule has 148 valence electrons. The summed E-state index contributed by atoms with van der Waals surface area (Å²) in [4.78, 5) is 25.8. The number of piperidine rings is 1. The van der Waals surface area contributed by atoms with Crippen molar-refractivity contribution in [1.29, 1.82) is 0 Å². The van der Waals surface area contributed by atoms with Gasteiger partial charge in [-0.3, -0.25) is 4.79 Å². The molecule has 3 fully saturated rings. The van der Waals surface area contributed by atoms with Crippen LogP contribution < -0.4 is 16.1 Å². The van der Waals surface area contributed by atoms with E-state index in [1.165, 1.54) is 10.8 Å². The number of fused-ring (bicyclic) bond motifs is 3. The van der Waals surface area contributed by atoms with Crippen LogP contribution in [0.4, 0.5) is 14.5 Å². The Kier molecular flexibility index (Phi) is 3.78. The van der Waals surface area contributed by atoms with Crippen molar-refractivity contribution in [3.63, 3.8) is 0 Å². The van der Waals surface area contributed by atoms with Crippen molar-refractivity contribution in [2.24, 2.45) is 5.73 Å². The van der Waals surface area contributed by atoms with Crippen LogP contribution in [0.15, 0.2) is 17.1 Å². The highest BCUT2D eigenvalue weighted by Crippen LogP contribution is 2.44. The normalized spacial score (nSPS) is 26.8. The number of rotatable bonds is 3. The molecule has 2 saturated heterocycles. The fourth-order valence-corrected chi connectivity index (χ4v) is 5.05. The Bertz CT molecular complexity index is 1050. The molecule has 6 nitrogen and oxygen atoms in total. The number of carbonyl (C=O) groups is 1. The summed E-state index contributed by atoms with van der Waals surface area (Å²) >= 11 is 0. The first-order valence-corrected chi connectivity index (χ1v) is 9.71. The highest BCUT2D eigenvalue weighted by atomic mass is 19.1. The molecule has 0 spiro atoms. The van der Waals surface area contributed by atoms with E-state index in [1.807, 2.05) is 0 Å². The minimum atomic E-state index is -1.39. The van der Waals surface area contributed by atoms with Gasteiger partial charge in [0, 0.05) is 30.4 Å². The summed E-state index contributed by atoms with van der Waals surface area (Å²) in [5.74, 6) is -2.99. The summed E-state index contributed by atoms with van der Waals surface area (Å²) in [6, 6.07) is 0.933. The lowest BCUT2D eigenvalue weighted by molar-refractivity contribution is 0.0695. The number of nitrogens with two attached hydrogens (primary N) is 1. The Hall–Kier alpha value is -2.48. The molecule has 2 aliphatic heterocycles. The second kappa shape index (κ2) is 6.01. The Morgan fingerprint density at radius 3 is 2.29 bits per heavy atom. The molecular weight excluding hydrogens is 368 g/mol. The standard InChI is InChI=1S/C20H21F2N3O3/c21-15-7-13-17(24(10-1-2-10)8-14(19(13)26)20(27)28)16(22)18(15)25-11-3-4-12(25)6-9(23)5-11/h7-12H,1-6,23H2,(H,27,28). The third-order valence-corrected chi connectivity index (χ3v) is 6.38. The first-order chi connectivity index (χ1) is 13.4. The van der Waals surface area contributed by atoms with Crippen LogP contribution in [-0.4, -0.2) is 33.8 Å². The number of aromatic nitrogens is 1. The number of carboxylic acid groups (broad SMARTS) is 1. The lowest BCUT2D eigenvalue weighted by atomic mass is 9.96. The van der Waals surface area contributed by atoms with Crippen molar-refractivity contribution in [2.75, 3.05) is 4.90 Å². The topological polar surface area (TPSA) is 88.6 Å². The number of halogens is 2. The van der Waals surface area contributed by atoms with Crippen LogP contribution in [-0.2, 0) is 0 Å². The number of carboxylic acids is 1. The second-order valence-corrected chi connectivity index (χ2v) is 8.26. The molecule has 2 unspecified atom stereocenters. The molecule has 0 amide bonds. The van der Waals surface area contributed by atoms with Gasteiger partial charge in [0.25, 0.3) is 0 Å². The molecule has 2 atom stereocenters. The number of hydrogen-bond donors (Lipinski definition) is 2. The maximum atomic E-state index is 15.7. The van der Waals surface area contributed by atoms with Gasteiger partial charge in [0.05, 0.1) is 10.9 Å². The molecule has 1 saturated carbocycles. The summed E-state index contributed by atoms with van der Waals surface area (Å²) in [6.07, 6.45) is 5.78. The molecule has 8 heteroatoms. The van der Waals surface area contributed by atoms with Gasteiger partial charge in [-0.2, -0.15) is 0 Å². The smallest absolute Gasteiger partial charge is 0.341 e. The molecule has 3 aliphatic rings. The van der Waals surface area contributed by atoms with E-state index >= 15 is 8.78 Å². The average Bonchev–Trinajstić information content (AvgIpc) is 3.43.